The average Bonchev–Trinajstić information content (AvgIpc) is 2.36. The number of benzene rings is 1. The fraction of sp³-hybridized carbons (Fsp3) is 0.571. The van der Waals surface area contributed by atoms with Crippen molar-refractivity contribution in [3.8, 4) is 0 Å². The van der Waals surface area contributed by atoms with Crippen molar-refractivity contribution in [3.63, 3.8) is 0 Å². The van der Waals surface area contributed by atoms with Crippen LogP contribution >= 0.6 is 11.6 Å². The van der Waals surface area contributed by atoms with Crippen molar-refractivity contribution in [3.05, 3.63) is 34.6 Å². The smallest absolute Gasteiger partial charge is 0.142 e. The van der Waals surface area contributed by atoms with Crippen LogP contribution in [0.3, 0.4) is 0 Å². The minimum atomic E-state index is -0.339. The molecule has 0 spiro atoms. The molecule has 18 heavy (non-hydrogen) atoms. The Bertz CT molecular complexity index is 411. The highest BCUT2D eigenvalue weighted by atomic mass is 35.5. The number of likely N-dealkylation sites (tertiary alicyclic amines) is 1. The van der Waals surface area contributed by atoms with Crippen LogP contribution in [-0.4, -0.2) is 24.0 Å². The molecule has 2 unspecified atom stereocenters. The maximum atomic E-state index is 13.4. The molecule has 0 saturated carbocycles. The van der Waals surface area contributed by atoms with Gasteiger partial charge in [0, 0.05) is 19.1 Å². The summed E-state index contributed by atoms with van der Waals surface area (Å²) in [4.78, 5) is 2.38. The number of halogens is 2. The second-order valence-electron chi connectivity index (χ2n) is 5.21. The normalized spacial score (nSPS) is 25.3. The summed E-state index contributed by atoms with van der Waals surface area (Å²) in [6, 6.07) is 5.58. The first-order valence-electron chi connectivity index (χ1n) is 6.48. The second-order valence-corrected chi connectivity index (χ2v) is 5.61. The molecule has 1 aliphatic heterocycles. The van der Waals surface area contributed by atoms with Crippen molar-refractivity contribution < 1.29 is 4.39 Å². The zero-order chi connectivity index (χ0) is 13.1. The molecule has 4 heteroatoms. The van der Waals surface area contributed by atoms with Crippen LogP contribution in [0, 0.1) is 11.7 Å². The Hall–Kier alpha value is -0.640. The number of hydrogen-bond acceptors (Lipinski definition) is 2. The molecule has 0 amide bonds. The number of rotatable bonds is 3. The van der Waals surface area contributed by atoms with E-state index in [9.17, 15) is 4.39 Å². The van der Waals surface area contributed by atoms with Crippen LogP contribution in [0.1, 0.15) is 25.3 Å². The first kappa shape index (κ1) is 13.8. The van der Waals surface area contributed by atoms with Crippen molar-refractivity contribution in [2.24, 2.45) is 11.7 Å². The van der Waals surface area contributed by atoms with E-state index >= 15 is 0 Å². The SMILES string of the molecule is CC1CCC(CN)CN1Cc1ccc(Cl)c(F)c1. The van der Waals surface area contributed by atoms with E-state index in [2.05, 4.69) is 11.8 Å². The van der Waals surface area contributed by atoms with E-state index in [4.69, 9.17) is 17.3 Å². The first-order valence-corrected chi connectivity index (χ1v) is 6.86. The van der Waals surface area contributed by atoms with E-state index in [-0.39, 0.29) is 10.8 Å². The van der Waals surface area contributed by atoms with Crippen molar-refractivity contribution in [2.45, 2.75) is 32.4 Å². The Morgan fingerprint density at radius 1 is 1.44 bits per heavy atom. The number of piperidine rings is 1. The Labute approximate surface area is 113 Å². The lowest BCUT2D eigenvalue weighted by atomic mass is 9.93. The highest BCUT2D eigenvalue weighted by molar-refractivity contribution is 6.30. The summed E-state index contributed by atoms with van der Waals surface area (Å²) in [7, 11) is 0. The summed E-state index contributed by atoms with van der Waals surface area (Å²) >= 11 is 5.69. The monoisotopic (exact) mass is 270 g/mol. The lowest BCUT2D eigenvalue weighted by molar-refractivity contribution is 0.113. The van der Waals surface area contributed by atoms with Gasteiger partial charge in [-0.1, -0.05) is 17.7 Å². The molecule has 100 valence electrons. The molecule has 1 aromatic carbocycles. The van der Waals surface area contributed by atoms with E-state index in [0.717, 1.165) is 31.6 Å². The zero-order valence-electron chi connectivity index (χ0n) is 10.7. The van der Waals surface area contributed by atoms with Crippen LogP contribution in [-0.2, 0) is 6.54 Å². The molecule has 1 saturated heterocycles. The zero-order valence-corrected chi connectivity index (χ0v) is 11.5. The molecule has 0 aromatic heterocycles. The molecular formula is C14H20ClFN2. The summed E-state index contributed by atoms with van der Waals surface area (Å²) in [5.74, 6) is 0.229. The largest absolute Gasteiger partial charge is 0.330 e. The van der Waals surface area contributed by atoms with Crippen LogP contribution in [0.2, 0.25) is 5.02 Å². The summed E-state index contributed by atoms with van der Waals surface area (Å²) in [6.45, 7) is 4.73. The standard InChI is InChI=1S/C14H20ClFN2/c1-10-2-3-12(7-17)9-18(10)8-11-4-5-13(15)14(16)6-11/h4-6,10,12H,2-3,7-9,17H2,1H3. The average molecular weight is 271 g/mol. The second kappa shape index (κ2) is 6.00. The van der Waals surface area contributed by atoms with E-state index in [1.807, 2.05) is 6.07 Å². The predicted molar refractivity (Wildman–Crippen MR) is 73.1 cm³/mol. The van der Waals surface area contributed by atoms with Gasteiger partial charge in [-0.25, -0.2) is 4.39 Å². The van der Waals surface area contributed by atoms with Gasteiger partial charge in [-0.15, -0.1) is 0 Å². The van der Waals surface area contributed by atoms with Crippen LogP contribution in [0.15, 0.2) is 18.2 Å². The Balaban J connectivity index is 2.04. The molecule has 0 bridgehead atoms. The maximum Gasteiger partial charge on any atom is 0.142 e. The molecule has 2 rings (SSSR count). The molecule has 1 aromatic rings. The lowest BCUT2D eigenvalue weighted by Crippen LogP contribution is -2.43. The van der Waals surface area contributed by atoms with Gasteiger partial charge in [-0.2, -0.15) is 0 Å². The van der Waals surface area contributed by atoms with Gasteiger partial charge in [-0.3, -0.25) is 4.90 Å². The van der Waals surface area contributed by atoms with Gasteiger partial charge in [0.25, 0.3) is 0 Å². The summed E-state index contributed by atoms with van der Waals surface area (Å²) in [5.41, 5.74) is 6.72. The fourth-order valence-electron chi connectivity index (χ4n) is 2.55. The minimum absolute atomic E-state index is 0.185. The number of hydrogen-bond donors (Lipinski definition) is 1. The molecule has 2 N–H and O–H groups in total. The molecule has 0 radical (unpaired) electrons. The summed E-state index contributed by atoms with van der Waals surface area (Å²) in [6.07, 6.45) is 2.36. The van der Waals surface area contributed by atoms with Gasteiger partial charge >= 0.3 is 0 Å². The van der Waals surface area contributed by atoms with Gasteiger partial charge in [0.15, 0.2) is 0 Å². The van der Waals surface area contributed by atoms with E-state index < -0.39 is 0 Å². The van der Waals surface area contributed by atoms with E-state index in [0.29, 0.717) is 12.0 Å². The number of nitrogens with zero attached hydrogens (tertiary/aromatic N) is 1. The van der Waals surface area contributed by atoms with Crippen molar-refractivity contribution in [1.82, 2.24) is 4.90 Å². The Morgan fingerprint density at radius 2 is 2.22 bits per heavy atom. The van der Waals surface area contributed by atoms with Gasteiger partial charge in [-0.05, 0) is 49.9 Å². The van der Waals surface area contributed by atoms with Crippen molar-refractivity contribution in [1.29, 1.82) is 0 Å². The highest BCUT2D eigenvalue weighted by Crippen LogP contribution is 2.24. The van der Waals surface area contributed by atoms with Crippen LogP contribution in [0.5, 0.6) is 0 Å². The molecular weight excluding hydrogens is 251 g/mol. The summed E-state index contributed by atoms with van der Waals surface area (Å²) < 4.78 is 13.4. The molecule has 1 heterocycles. The lowest BCUT2D eigenvalue weighted by Gasteiger charge is -2.37. The predicted octanol–water partition coefficient (Wildman–Crippen LogP) is 3.04. The minimum Gasteiger partial charge on any atom is -0.330 e. The fourth-order valence-corrected chi connectivity index (χ4v) is 2.67. The summed E-state index contributed by atoms with van der Waals surface area (Å²) in [5, 5.41) is 0.185. The topological polar surface area (TPSA) is 29.3 Å². The first-order chi connectivity index (χ1) is 8.60. The van der Waals surface area contributed by atoms with Crippen molar-refractivity contribution in [2.75, 3.05) is 13.1 Å². The van der Waals surface area contributed by atoms with Crippen LogP contribution in [0.4, 0.5) is 4.39 Å². The van der Waals surface area contributed by atoms with Crippen molar-refractivity contribution >= 4 is 11.6 Å². The third-order valence-corrected chi connectivity index (χ3v) is 4.12. The molecule has 1 fully saturated rings. The molecule has 2 nitrogen and oxygen atoms in total. The van der Waals surface area contributed by atoms with Gasteiger partial charge in [0.1, 0.15) is 5.82 Å². The third-order valence-electron chi connectivity index (χ3n) is 3.81. The molecule has 0 aliphatic carbocycles. The Morgan fingerprint density at radius 3 is 2.89 bits per heavy atom. The van der Waals surface area contributed by atoms with Crippen LogP contribution in [0.25, 0.3) is 0 Å². The van der Waals surface area contributed by atoms with E-state index in [1.54, 1.807) is 6.07 Å². The van der Waals surface area contributed by atoms with Gasteiger partial charge < -0.3 is 5.73 Å². The quantitative estimate of drug-likeness (QED) is 0.915. The number of nitrogens with two attached hydrogens (primary N) is 1. The molecule has 1 aliphatic rings. The van der Waals surface area contributed by atoms with Gasteiger partial charge in [0.05, 0.1) is 5.02 Å². The third kappa shape index (κ3) is 3.22. The molecule has 2 atom stereocenters. The maximum absolute atomic E-state index is 13.4. The Kier molecular flexibility index (Phi) is 4.60. The van der Waals surface area contributed by atoms with Gasteiger partial charge in [0.2, 0.25) is 0 Å². The van der Waals surface area contributed by atoms with Crippen LogP contribution < -0.4 is 5.73 Å². The van der Waals surface area contributed by atoms with E-state index in [1.165, 1.54) is 12.5 Å². The highest BCUT2D eigenvalue weighted by Gasteiger charge is 2.24.